The number of methoxy groups -OCH3 is 1. The lowest BCUT2D eigenvalue weighted by Gasteiger charge is -2.16. The van der Waals surface area contributed by atoms with Crippen LogP contribution >= 0.6 is 0 Å². The Hall–Kier alpha value is -2.28. The molecule has 0 radical (unpaired) electrons. The van der Waals surface area contributed by atoms with Gasteiger partial charge in [0.1, 0.15) is 0 Å². The van der Waals surface area contributed by atoms with E-state index in [0.29, 0.717) is 11.3 Å². The number of hydrogen-bond donors (Lipinski definition) is 0. The Morgan fingerprint density at radius 3 is 2.56 bits per heavy atom. The first-order valence-electron chi connectivity index (χ1n) is 4.53. The third kappa shape index (κ3) is 2.20. The fraction of sp³-hybridized carbons (Fsp3) is 0.167. The molecule has 0 aromatic heterocycles. The molecule has 0 heterocycles. The van der Waals surface area contributed by atoms with Crippen LogP contribution in [-0.4, -0.2) is 26.0 Å². The minimum Gasteiger partial charge on any atom is -0.465 e. The second-order valence-electron chi connectivity index (χ2n) is 3.02. The zero-order valence-electron chi connectivity index (χ0n) is 9.06. The van der Waals surface area contributed by atoms with Crippen molar-refractivity contribution in [1.29, 1.82) is 0 Å². The lowest BCUT2D eigenvalue weighted by Crippen LogP contribution is -2.26. The first kappa shape index (κ1) is 11.8. The molecule has 1 aromatic carbocycles. The van der Waals surface area contributed by atoms with E-state index < -0.39 is 11.9 Å². The zero-order chi connectivity index (χ0) is 12.1. The standard InChI is InChI=1S/C12H11NO3/c1-4-11(14)13(2)10-8-6-5-7-9(10)12(15)16-3/h1,5-8H,2-3H3. The predicted molar refractivity (Wildman–Crippen MR) is 60.0 cm³/mol. The summed E-state index contributed by atoms with van der Waals surface area (Å²) in [5.74, 6) is 0.958. The lowest BCUT2D eigenvalue weighted by molar-refractivity contribution is -0.113. The molecule has 0 saturated carbocycles. The van der Waals surface area contributed by atoms with Crippen molar-refractivity contribution < 1.29 is 14.3 Å². The highest BCUT2D eigenvalue weighted by atomic mass is 16.5. The van der Waals surface area contributed by atoms with E-state index in [1.165, 1.54) is 19.1 Å². The highest BCUT2D eigenvalue weighted by Gasteiger charge is 2.17. The van der Waals surface area contributed by atoms with Crippen molar-refractivity contribution in [2.45, 2.75) is 0 Å². The van der Waals surface area contributed by atoms with Crippen LogP contribution in [0.3, 0.4) is 0 Å². The number of nitrogens with zero attached hydrogens (tertiary/aromatic N) is 1. The average molecular weight is 217 g/mol. The molecule has 1 amide bonds. The van der Waals surface area contributed by atoms with Gasteiger partial charge in [-0.15, -0.1) is 6.42 Å². The van der Waals surface area contributed by atoms with E-state index >= 15 is 0 Å². The van der Waals surface area contributed by atoms with E-state index in [0.717, 1.165) is 0 Å². The molecule has 4 heteroatoms. The summed E-state index contributed by atoms with van der Waals surface area (Å²) >= 11 is 0. The number of terminal acetylenes is 1. The number of para-hydroxylation sites is 1. The molecule has 0 spiro atoms. The summed E-state index contributed by atoms with van der Waals surface area (Å²) in [5, 5.41) is 0. The first-order valence-corrected chi connectivity index (χ1v) is 4.53. The quantitative estimate of drug-likeness (QED) is 0.550. The largest absolute Gasteiger partial charge is 0.465 e. The molecule has 0 N–H and O–H groups in total. The third-order valence-electron chi connectivity index (χ3n) is 2.10. The third-order valence-corrected chi connectivity index (χ3v) is 2.10. The molecule has 0 aliphatic heterocycles. The molecular formula is C12H11NO3. The van der Waals surface area contributed by atoms with Crippen molar-refractivity contribution in [1.82, 2.24) is 0 Å². The van der Waals surface area contributed by atoms with Crippen LogP contribution in [0.15, 0.2) is 24.3 Å². The Morgan fingerprint density at radius 1 is 1.38 bits per heavy atom. The van der Waals surface area contributed by atoms with E-state index in [9.17, 15) is 9.59 Å². The van der Waals surface area contributed by atoms with Crippen LogP contribution in [0.25, 0.3) is 0 Å². The Bertz CT molecular complexity index is 460. The Morgan fingerprint density at radius 2 is 2.00 bits per heavy atom. The average Bonchev–Trinajstić information content (AvgIpc) is 2.35. The van der Waals surface area contributed by atoms with Crippen molar-refractivity contribution in [3.05, 3.63) is 29.8 Å². The topological polar surface area (TPSA) is 46.6 Å². The Kier molecular flexibility index (Phi) is 3.67. The fourth-order valence-electron chi connectivity index (χ4n) is 1.25. The van der Waals surface area contributed by atoms with Crippen molar-refractivity contribution in [3.8, 4) is 12.3 Å². The van der Waals surface area contributed by atoms with Gasteiger partial charge >= 0.3 is 11.9 Å². The fourth-order valence-corrected chi connectivity index (χ4v) is 1.25. The molecule has 0 fully saturated rings. The van der Waals surface area contributed by atoms with Crippen LogP contribution in [-0.2, 0) is 9.53 Å². The summed E-state index contributed by atoms with van der Waals surface area (Å²) in [7, 11) is 2.78. The molecule has 1 rings (SSSR count). The molecular weight excluding hydrogens is 206 g/mol. The lowest BCUT2D eigenvalue weighted by atomic mass is 10.1. The Labute approximate surface area is 93.8 Å². The van der Waals surface area contributed by atoms with E-state index in [2.05, 4.69) is 4.74 Å². The van der Waals surface area contributed by atoms with Gasteiger partial charge in [-0.25, -0.2) is 4.79 Å². The number of amides is 1. The van der Waals surface area contributed by atoms with Gasteiger partial charge in [0.25, 0.3) is 0 Å². The van der Waals surface area contributed by atoms with Gasteiger partial charge in [-0.3, -0.25) is 4.79 Å². The van der Waals surface area contributed by atoms with Crippen LogP contribution in [0.1, 0.15) is 10.4 Å². The van der Waals surface area contributed by atoms with E-state index in [1.807, 2.05) is 5.92 Å². The number of benzene rings is 1. The summed E-state index contributed by atoms with van der Waals surface area (Å²) < 4.78 is 4.61. The zero-order valence-corrected chi connectivity index (χ0v) is 9.06. The van der Waals surface area contributed by atoms with Gasteiger partial charge in [0.15, 0.2) is 0 Å². The van der Waals surface area contributed by atoms with Gasteiger partial charge in [-0.05, 0) is 18.1 Å². The van der Waals surface area contributed by atoms with E-state index in [-0.39, 0.29) is 0 Å². The molecule has 4 nitrogen and oxygen atoms in total. The van der Waals surface area contributed by atoms with Gasteiger partial charge in [-0.1, -0.05) is 12.1 Å². The number of ether oxygens (including phenoxy) is 1. The molecule has 0 unspecified atom stereocenters. The Balaban J connectivity index is 3.19. The highest BCUT2D eigenvalue weighted by Crippen LogP contribution is 2.19. The number of rotatable bonds is 2. The minimum absolute atomic E-state index is 0.302. The van der Waals surface area contributed by atoms with Crippen LogP contribution < -0.4 is 4.90 Å². The highest BCUT2D eigenvalue weighted by molar-refractivity contribution is 6.08. The predicted octanol–water partition coefficient (Wildman–Crippen LogP) is 1.07. The van der Waals surface area contributed by atoms with Crippen molar-refractivity contribution >= 4 is 17.6 Å². The molecule has 82 valence electrons. The minimum atomic E-state index is -0.517. The van der Waals surface area contributed by atoms with E-state index in [4.69, 9.17) is 6.42 Å². The van der Waals surface area contributed by atoms with Crippen molar-refractivity contribution in [2.75, 3.05) is 19.1 Å². The molecule has 0 aliphatic rings. The monoisotopic (exact) mass is 217 g/mol. The van der Waals surface area contributed by atoms with Gasteiger partial charge in [0.05, 0.1) is 18.4 Å². The second kappa shape index (κ2) is 4.99. The number of carbonyl (C=O) groups is 2. The second-order valence-corrected chi connectivity index (χ2v) is 3.02. The van der Waals surface area contributed by atoms with Crippen LogP contribution in [0, 0.1) is 12.3 Å². The number of carbonyl (C=O) groups excluding carboxylic acids is 2. The van der Waals surface area contributed by atoms with Gasteiger partial charge in [0.2, 0.25) is 0 Å². The molecule has 1 aromatic rings. The SMILES string of the molecule is C#CC(=O)N(C)c1ccccc1C(=O)OC. The molecule has 16 heavy (non-hydrogen) atoms. The smallest absolute Gasteiger partial charge is 0.339 e. The van der Waals surface area contributed by atoms with Crippen LogP contribution in [0.5, 0.6) is 0 Å². The van der Waals surface area contributed by atoms with Crippen molar-refractivity contribution in [3.63, 3.8) is 0 Å². The van der Waals surface area contributed by atoms with Crippen molar-refractivity contribution in [2.24, 2.45) is 0 Å². The summed E-state index contributed by atoms with van der Waals surface area (Å²) in [6, 6.07) is 6.59. The summed E-state index contributed by atoms with van der Waals surface area (Å²) in [6.07, 6.45) is 5.01. The van der Waals surface area contributed by atoms with Gasteiger partial charge in [0, 0.05) is 7.05 Å². The summed E-state index contributed by atoms with van der Waals surface area (Å²) in [6.45, 7) is 0. The molecule has 0 saturated heterocycles. The van der Waals surface area contributed by atoms with Crippen LogP contribution in [0.4, 0.5) is 5.69 Å². The maximum atomic E-state index is 11.4. The summed E-state index contributed by atoms with van der Waals surface area (Å²) in [4.78, 5) is 24.0. The number of hydrogen-bond acceptors (Lipinski definition) is 3. The van der Waals surface area contributed by atoms with E-state index in [1.54, 1.807) is 24.3 Å². The molecule has 0 aliphatic carbocycles. The molecule has 0 atom stereocenters. The maximum Gasteiger partial charge on any atom is 0.339 e. The van der Waals surface area contributed by atoms with Crippen LogP contribution in [0.2, 0.25) is 0 Å². The number of anilines is 1. The first-order chi connectivity index (χ1) is 7.61. The maximum absolute atomic E-state index is 11.4. The molecule has 0 bridgehead atoms. The summed E-state index contributed by atoms with van der Waals surface area (Å²) in [5.41, 5.74) is 0.730. The number of esters is 1. The van der Waals surface area contributed by atoms with Gasteiger partial charge in [-0.2, -0.15) is 0 Å². The normalized spacial score (nSPS) is 9.06. The van der Waals surface area contributed by atoms with Gasteiger partial charge < -0.3 is 9.64 Å².